The van der Waals surface area contributed by atoms with E-state index in [0.29, 0.717) is 33.3 Å². The Balaban J connectivity index is 1.64. The van der Waals surface area contributed by atoms with E-state index in [0.717, 1.165) is 11.1 Å². The van der Waals surface area contributed by atoms with Crippen molar-refractivity contribution in [3.05, 3.63) is 82.1 Å². The lowest BCUT2D eigenvalue weighted by atomic mass is 9.96. The number of fused-ring (bicyclic) bond motifs is 3. The van der Waals surface area contributed by atoms with E-state index < -0.39 is 24.4 Å². The molecule has 182 valence electrons. The molecule has 0 amide bonds. The molecule has 3 heterocycles. The summed E-state index contributed by atoms with van der Waals surface area (Å²) < 4.78 is 32.6. The third-order valence-corrected chi connectivity index (χ3v) is 6.27. The van der Waals surface area contributed by atoms with Gasteiger partial charge in [0.25, 0.3) is 0 Å². The Morgan fingerprint density at radius 2 is 1.89 bits per heavy atom. The fraction of sp³-hybridized carbons (Fsp3) is 0.280. The summed E-state index contributed by atoms with van der Waals surface area (Å²) in [6.45, 7) is 0.574. The van der Waals surface area contributed by atoms with Crippen LogP contribution in [0.3, 0.4) is 0 Å². The largest absolute Gasteiger partial charge is 0.434 e. The number of halogens is 3. The molecule has 2 aromatic heterocycles. The molecule has 1 aliphatic heterocycles. The standard InChI is InChI=1S/C25H23ClF2N4O3/c1-25(2,34)14-5-3-13(4-6-14)17-8-10-20-30-22-18(33)12-29-21(23(22)32(20)31-17)16-11-15(26)7-9-19(16)35-24(27)28/h3-11,18,21,24,29,33-34H,12H2,1-2H3/t18-,21+/m0/s1. The molecular formula is C25H23ClF2N4O3. The molecule has 10 heteroatoms. The maximum atomic E-state index is 13.1. The first-order valence-corrected chi connectivity index (χ1v) is 11.4. The highest BCUT2D eigenvalue weighted by Crippen LogP contribution is 2.39. The second kappa shape index (κ2) is 8.83. The Kier molecular flexibility index (Phi) is 5.96. The van der Waals surface area contributed by atoms with Gasteiger partial charge < -0.3 is 20.3 Å². The monoisotopic (exact) mass is 500 g/mol. The summed E-state index contributed by atoms with van der Waals surface area (Å²) in [5, 5.41) is 29.1. The predicted molar refractivity (Wildman–Crippen MR) is 127 cm³/mol. The van der Waals surface area contributed by atoms with Gasteiger partial charge in [0.05, 0.1) is 28.7 Å². The van der Waals surface area contributed by atoms with E-state index in [1.165, 1.54) is 12.1 Å². The van der Waals surface area contributed by atoms with Crippen LogP contribution >= 0.6 is 11.6 Å². The molecular weight excluding hydrogens is 478 g/mol. The lowest BCUT2D eigenvalue weighted by Crippen LogP contribution is -2.35. The highest BCUT2D eigenvalue weighted by atomic mass is 35.5. The maximum absolute atomic E-state index is 13.1. The van der Waals surface area contributed by atoms with Crippen molar-refractivity contribution in [2.75, 3.05) is 6.54 Å². The van der Waals surface area contributed by atoms with Gasteiger partial charge in [-0.05, 0) is 49.7 Å². The first-order chi connectivity index (χ1) is 16.6. The molecule has 2 aromatic carbocycles. The summed E-state index contributed by atoms with van der Waals surface area (Å²) in [6, 6.07) is 14.7. The molecule has 7 nitrogen and oxygen atoms in total. The van der Waals surface area contributed by atoms with Gasteiger partial charge >= 0.3 is 6.61 Å². The summed E-state index contributed by atoms with van der Waals surface area (Å²) in [5.41, 5.74) is 3.04. The van der Waals surface area contributed by atoms with Gasteiger partial charge in [-0.2, -0.15) is 13.9 Å². The molecule has 0 unspecified atom stereocenters. The van der Waals surface area contributed by atoms with E-state index >= 15 is 0 Å². The molecule has 4 aromatic rings. The number of nitrogens with zero attached hydrogens (tertiary/aromatic N) is 3. The van der Waals surface area contributed by atoms with Crippen LogP contribution in [-0.4, -0.2) is 38.0 Å². The molecule has 2 atom stereocenters. The molecule has 0 fully saturated rings. The van der Waals surface area contributed by atoms with Gasteiger partial charge in [-0.1, -0.05) is 35.9 Å². The number of aliphatic hydroxyl groups is 2. The van der Waals surface area contributed by atoms with Crippen LogP contribution < -0.4 is 10.1 Å². The third kappa shape index (κ3) is 4.48. The average molecular weight is 501 g/mol. The summed E-state index contributed by atoms with van der Waals surface area (Å²) in [6.07, 6.45) is -0.906. The third-order valence-electron chi connectivity index (χ3n) is 6.03. The smallest absolute Gasteiger partial charge is 0.387 e. The van der Waals surface area contributed by atoms with Crippen molar-refractivity contribution in [1.82, 2.24) is 19.9 Å². The fourth-order valence-electron chi connectivity index (χ4n) is 4.31. The number of imidazole rings is 1. The molecule has 0 aliphatic carbocycles. The molecule has 5 rings (SSSR count). The number of rotatable bonds is 5. The summed E-state index contributed by atoms with van der Waals surface area (Å²) in [4.78, 5) is 4.56. The minimum absolute atomic E-state index is 0.0300. The van der Waals surface area contributed by atoms with E-state index in [-0.39, 0.29) is 12.3 Å². The second-order valence-corrected chi connectivity index (χ2v) is 9.36. The van der Waals surface area contributed by atoms with E-state index in [2.05, 4.69) is 10.3 Å². The lowest BCUT2D eigenvalue weighted by molar-refractivity contribution is -0.0507. The highest BCUT2D eigenvalue weighted by Gasteiger charge is 2.34. The maximum Gasteiger partial charge on any atom is 0.387 e. The van der Waals surface area contributed by atoms with E-state index in [1.807, 2.05) is 30.3 Å². The van der Waals surface area contributed by atoms with Crippen LogP contribution in [-0.2, 0) is 5.60 Å². The Morgan fingerprint density at radius 1 is 1.14 bits per heavy atom. The van der Waals surface area contributed by atoms with Gasteiger partial charge in [-0.3, -0.25) is 0 Å². The molecule has 0 spiro atoms. The zero-order valence-electron chi connectivity index (χ0n) is 18.9. The number of alkyl halides is 2. The van der Waals surface area contributed by atoms with Crippen molar-refractivity contribution in [3.63, 3.8) is 0 Å². The van der Waals surface area contributed by atoms with Crippen molar-refractivity contribution >= 4 is 17.2 Å². The number of benzene rings is 2. The second-order valence-electron chi connectivity index (χ2n) is 8.92. The minimum atomic E-state index is -3.01. The summed E-state index contributed by atoms with van der Waals surface area (Å²) in [7, 11) is 0. The van der Waals surface area contributed by atoms with Crippen LogP contribution in [0.4, 0.5) is 8.78 Å². The SMILES string of the molecule is CC(C)(O)c1ccc(-c2ccc3nc4c(n3n2)[C@@H](c2cc(Cl)ccc2OC(F)F)NC[C@@H]4O)cc1. The highest BCUT2D eigenvalue weighted by molar-refractivity contribution is 6.30. The van der Waals surface area contributed by atoms with Crippen LogP contribution in [0.1, 0.15) is 48.5 Å². The number of aliphatic hydroxyl groups excluding tert-OH is 1. The number of β-amino-alcohol motifs (C(OH)–C–C–N with tert-alkyl or cyclic N) is 1. The lowest BCUT2D eigenvalue weighted by Gasteiger charge is -2.28. The molecule has 0 saturated heterocycles. The summed E-state index contributed by atoms with van der Waals surface area (Å²) >= 11 is 6.19. The molecule has 1 aliphatic rings. The van der Waals surface area contributed by atoms with Gasteiger partial charge in [-0.15, -0.1) is 0 Å². The van der Waals surface area contributed by atoms with E-state index in [4.69, 9.17) is 21.4 Å². The molecule has 0 radical (unpaired) electrons. The van der Waals surface area contributed by atoms with Crippen LogP contribution in [0.2, 0.25) is 5.02 Å². The van der Waals surface area contributed by atoms with Crippen molar-refractivity contribution in [2.24, 2.45) is 0 Å². The number of hydrogen-bond acceptors (Lipinski definition) is 6. The van der Waals surface area contributed by atoms with Crippen LogP contribution in [0.15, 0.2) is 54.6 Å². The van der Waals surface area contributed by atoms with Crippen LogP contribution in [0.5, 0.6) is 5.75 Å². The zero-order chi connectivity index (χ0) is 24.9. The molecule has 3 N–H and O–H groups in total. The van der Waals surface area contributed by atoms with Crippen molar-refractivity contribution < 1.29 is 23.7 Å². The van der Waals surface area contributed by atoms with Gasteiger partial charge in [0, 0.05) is 22.7 Å². The zero-order valence-corrected chi connectivity index (χ0v) is 19.7. The first-order valence-electron chi connectivity index (χ1n) is 11.0. The topological polar surface area (TPSA) is 91.9 Å². The number of aromatic nitrogens is 3. The summed E-state index contributed by atoms with van der Waals surface area (Å²) in [5.74, 6) is -0.0300. The molecule has 0 bridgehead atoms. The van der Waals surface area contributed by atoms with E-state index in [1.54, 1.807) is 30.5 Å². The number of hydrogen-bond donors (Lipinski definition) is 3. The Labute approximate surface area is 205 Å². The van der Waals surface area contributed by atoms with Crippen molar-refractivity contribution in [2.45, 2.75) is 38.2 Å². The Morgan fingerprint density at radius 3 is 2.57 bits per heavy atom. The van der Waals surface area contributed by atoms with Crippen LogP contribution in [0, 0.1) is 0 Å². The van der Waals surface area contributed by atoms with Gasteiger partial charge in [-0.25, -0.2) is 9.50 Å². The normalized spacial score (nSPS) is 18.2. The van der Waals surface area contributed by atoms with Gasteiger partial charge in [0.2, 0.25) is 0 Å². The molecule has 35 heavy (non-hydrogen) atoms. The first kappa shape index (κ1) is 23.6. The predicted octanol–water partition coefficient (Wildman–Crippen LogP) is 4.60. The Bertz CT molecular complexity index is 1390. The quantitative estimate of drug-likeness (QED) is 0.371. The van der Waals surface area contributed by atoms with Gasteiger partial charge in [0.15, 0.2) is 5.65 Å². The molecule has 0 saturated carbocycles. The minimum Gasteiger partial charge on any atom is -0.434 e. The van der Waals surface area contributed by atoms with Crippen molar-refractivity contribution in [1.29, 1.82) is 0 Å². The number of nitrogens with one attached hydrogen (secondary N) is 1. The van der Waals surface area contributed by atoms with Gasteiger partial charge in [0.1, 0.15) is 11.9 Å². The number of ether oxygens (including phenoxy) is 1. The van der Waals surface area contributed by atoms with E-state index in [9.17, 15) is 19.0 Å². The van der Waals surface area contributed by atoms with Crippen molar-refractivity contribution in [3.8, 4) is 17.0 Å². The average Bonchev–Trinajstić information content (AvgIpc) is 3.20. The fourth-order valence-corrected chi connectivity index (χ4v) is 4.49. The van der Waals surface area contributed by atoms with Crippen LogP contribution in [0.25, 0.3) is 16.9 Å². The Hall–Kier alpha value is -3.11.